The summed E-state index contributed by atoms with van der Waals surface area (Å²) in [7, 11) is 5.43. The number of ether oxygens (including phenoxy) is 2. The van der Waals surface area contributed by atoms with Gasteiger partial charge in [-0.2, -0.15) is 0 Å². The molecule has 0 bridgehead atoms. The molecule has 0 aliphatic heterocycles. The summed E-state index contributed by atoms with van der Waals surface area (Å²) in [6, 6.07) is 37.9. The average Bonchev–Trinajstić information content (AvgIpc) is 3.37. The summed E-state index contributed by atoms with van der Waals surface area (Å²) < 4.78 is 27.1. The van der Waals surface area contributed by atoms with Gasteiger partial charge in [0.05, 0.1) is 23.7 Å². The minimum atomic E-state index is -0.283. The standard InChI is InChI=1S/C22H30O4.C12H9O2P.C12H11O2P/c1-21(2,3)17-11-13(25-7)9-15(19(17)23)16-10-14(26-8)12-18(20(16)24)22(4,5)6;1-3-7-11-9(5-1)10-6-2-4-8-12(10)14-15-13-11;13-11-7-3-1-5-9(11)10-6-2-4-8-12(10)14-15/h9-12,23-24H,1-8H3;1-8,15H;1-8,13H,15H2. The lowest BCUT2D eigenvalue weighted by Crippen LogP contribution is -2.13. The highest BCUT2D eigenvalue weighted by Gasteiger charge is 2.27. The van der Waals surface area contributed by atoms with Crippen LogP contribution < -0.4 is 14.0 Å². The molecule has 1 atom stereocenters. The number of phenolic OH excluding ortho intramolecular Hbond substituents is 3. The number of hydrogen-bond acceptors (Lipinski definition) is 8. The molecular formula is C46H50O8P2. The van der Waals surface area contributed by atoms with Crippen molar-refractivity contribution in [3.05, 3.63) is 132 Å². The lowest BCUT2D eigenvalue weighted by Gasteiger charge is -2.26. The maximum atomic E-state index is 11.0. The molecule has 1 aromatic heterocycles. The molecule has 0 aliphatic rings. The number of para-hydroxylation sites is 4. The van der Waals surface area contributed by atoms with Crippen LogP contribution in [-0.4, -0.2) is 29.5 Å². The number of phenols is 3. The molecule has 56 heavy (non-hydrogen) atoms. The molecule has 0 saturated heterocycles. The van der Waals surface area contributed by atoms with E-state index in [4.69, 9.17) is 22.4 Å². The highest BCUT2D eigenvalue weighted by atomic mass is 31.1. The van der Waals surface area contributed by atoms with Crippen LogP contribution in [0.2, 0.25) is 0 Å². The smallest absolute Gasteiger partial charge is 0.201 e. The number of hydrogen-bond donors (Lipinski definition) is 3. The minimum absolute atomic E-state index is 0.0288. The SMILES string of the molecule is COc1cc(-c2cc(OC)cc(C(C)(C)C)c2O)c(O)c(C(C)(C)C)c1.Oc1ccccc1-c1ccccc1OP.c1ccc2c(c1)o[pH]oc1ccccc12. The van der Waals surface area contributed by atoms with Crippen LogP contribution >= 0.6 is 18.1 Å². The molecule has 0 amide bonds. The van der Waals surface area contributed by atoms with Gasteiger partial charge in [0, 0.05) is 44.2 Å². The van der Waals surface area contributed by atoms with Gasteiger partial charge in [-0.15, -0.1) is 0 Å². The first kappa shape index (κ1) is 41.6. The molecule has 7 aromatic rings. The maximum Gasteiger partial charge on any atom is 0.201 e. The van der Waals surface area contributed by atoms with E-state index in [1.807, 2.05) is 139 Å². The van der Waals surface area contributed by atoms with Crippen LogP contribution in [0.3, 0.4) is 0 Å². The molecule has 10 heteroatoms. The van der Waals surface area contributed by atoms with Crippen molar-refractivity contribution in [3.63, 3.8) is 0 Å². The fourth-order valence-electron chi connectivity index (χ4n) is 6.17. The van der Waals surface area contributed by atoms with Crippen LogP contribution in [0.5, 0.6) is 34.5 Å². The van der Waals surface area contributed by atoms with Gasteiger partial charge in [-0.1, -0.05) is 114 Å². The normalized spacial score (nSPS) is 11.2. The molecule has 1 heterocycles. The largest absolute Gasteiger partial charge is 0.507 e. The first-order valence-electron chi connectivity index (χ1n) is 18.0. The Morgan fingerprint density at radius 3 is 1.36 bits per heavy atom. The topological polar surface area (TPSA) is 115 Å². The predicted molar refractivity (Wildman–Crippen MR) is 233 cm³/mol. The van der Waals surface area contributed by atoms with Gasteiger partial charge in [0.25, 0.3) is 0 Å². The van der Waals surface area contributed by atoms with Crippen molar-refractivity contribution in [2.24, 2.45) is 0 Å². The zero-order valence-corrected chi connectivity index (χ0v) is 35.2. The van der Waals surface area contributed by atoms with Gasteiger partial charge < -0.3 is 37.7 Å². The Kier molecular flexibility index (Phi) is 13.3. The lowest BCUT2D eigenvalue weighted by atomic mass is 9.81. The summed E-state index contributed by atoms with van der Waals surface area (Å²) in [4.78, 5) is 0. The second-order valence-corrected chi connectivity index (χ2v) is 15.9. The van der Waals surface area contributed by atoms with Crippen molar-refractivity contribution in [1.29, 1.82) is 0 Å². The molecule has 8 nitrogen and oxygen atoms in total. The predicted octanol–water partition coefficient (Wildman–Crippen LogP) is 12.9. The van der Waals surface area contributed by atoms with Crippen molar-refractivity contribution in [2.75, 3.05) is 14.2 Å². The number of rotatable bonds is 5. The molecule has 292 valence electrons. The summed E-state index contributed by atoms with van der Waals surface area (Å²) >= 11 is 0. The Bertz CT molecular complexity index is 2330. The quantitative estimate of drug-likeness (QED) is 0.148. The van der Waals surface area contributed by atoms with Crippen LogP contribution in [0.15, 0.2) is 130 Å². The molecule has 7 rings (SSSR count). The van der Waals surface area contributed by atoms with E-state index in [-0.39, 0.29) is 36.8 Å². The monoisotopic (exact) mass is 792 g/mol. The summed E-state index contributed by atoms with van der Waals surface area (Å²) in [6.07, 6.45) is 0. The number of benzene rings is 6. The highest BCUT2D eigenvalue weighted by molar-refractivity contribution is 7.15. The number of fused-ring (bicyclic) bond motifs is 3. The first-order chi connectivity index (χ1) is 26.7. The van der Waals surface area contributed by atoms with E-state index < -0.39 is 0 Å². The van der Waals surface area contributed by atoms with E-state index in [0.29, 0.717) is 22.6 Å². The summed E-state index contributed by atoms with van der Waals surface area (Å²) in [6.45, 7) is 12.2. The Labute approximate surface area is 332 Å². The van der Waals surface area contributed by atoms with Crippen LogP contribution in [-0.2, 0) is 10.8 Å². The zero-order chi connectivity index (χ0) is 40.6. The highest BCUT2D eigenvalue weighted by Crippen LogP contribution is 2.48. The van der Waals surface area contributed by atoms with Crippen LogP contribution in [0, 0.1) is 0 Å². The molecule has 0 radical (unpaired) electrons. The second kappa shape index (κ2) is 17.9. The number of methoxy groups -OCH3 is 2. The Balaban J connectivity index is 0.000000170. The van der Waals surface area contributed by atoms with E-state index in [0.717, 1.165) is 49.9 Å². The van der Waals surface area contributed by atoms with Gasteiger partial charge in [0.1, 0.15) is 45.7 Å². The van der Waals surface area contributed by atoms with Crippen LogP contribution in [0.25, 0.3) is 44.2 Å². The van der Waals surface area contributed by atoms with Crippen molar-refractivity contribution in [1.82, 2.24) is 0 Å². The van der Waals surface area contributed by atoms with Gasteiger partial charge in [-0.3, -0.25) is 0 Å². The van der Waals surface area contributed by atoms with Crippen molar-refractivity contribution in [3.8, 4) is 56.8 Å². The third kappa shape index (κ3) is 9.63. The summed E-state index contributed by atoms with van der Waals surface area (Å²) in [5.74, 6) is 2.52. The Morgan fingerprint density at radius 2 is 0.929 bits per heavy atom. The average molecular weight is 793 g/mol. The first-order valence-corrected chi connectivity index (χ1v) is 19.3. The van der Waals surface area contributed by atoms with Gasteiger partial charge in [0.2, 0.25) is 8.67 Å². The van der Waals surface area contributed by atoms with E-state index in [9.17, 15) is 15.3 Å². The van der Waals surface area contributed by atoms with Crippen LogP contribution in [0.1, 0.15) is 52.7 Å². The Hall–Kier alpha value is -5.55. The third-order valence-corrected chi connectivity index (χ3v) is 9.98. The van der Waals surface area contributed by atoms with Gasteiger partial charge in [-0.05, 0) is 59.4 Å². The van der Waals surface area contributed by atoms with Gasteiger partial charge >= 0.3 is 0 Å². The molecule has 0 aliphatic carbocycles. The molecule has 0 spiro atoms. The molecule has 0 fully saturated rings. The fourth-order valence-corrected chi connectivity index (χ4v) is 6.95. The second-order valence-electron chi connectivity index (χ2n) is 15.1. The van der Waals surface area contributed by atoms with Gasteiger partial charge in [0.15, 0.2) is 0 Å². The van der Waals surface area contributed by atoms with E-state index >= 15 is 0 Å². The van der Waals surface area contributed by atoms with Crippen molar-refractivity contribution in [2.45, 2.75) is 52.4 Å². The molecule has 6 aromatic carbocycles. The van der Waals surface area contributed by atoms with Crippen LogP contribution in [0.4, 0.5) is 0 Å². The van der Waals surface area contributed by atoms with E-state index in [2.05, 4.69) is 9.47 Å². The van der Waals surface area contributed by atoms with E-state index in [1.54, 1.807) is 38.5 Å². The molecular weight excluding hydrogens is 742 g/mol. The van der Waals surface area contributed by atoms with Crippen molar-refractivity contribution >= 4 is 40.1 Å². The van der Waals surface area contributed by atoms with Gasteiger partial charge in [-0.25, -0.2) is 0 Å². The summed E-state index contributed by atoms with van der Waals surface area (Å²) in [5.41, 5.74) is 5.43. The van der Waals surface area contributed by atoms with E-state index in [1.165, 1.54) is 0 Å². The third-order valence-electron chi connectivity index (χ3n) is 9.12. The minimum Gasteiger partial charge on any atom is -0.507 e. The Morgan fingerprint density at radius 1 is 0.518 bits per heavy atom. The molecule has 3 N–H and O–H groups in total. The maximum absolute atomic E-state index is 11.0. The lowest BCUT2D eigenvalue weighted by molar-refractivity contribution is 0.403. The fraction of sp³-hybridized carbons (Fsp3) is 0.217. The van der Waals surface area contributed by atoms with Crippen molar-refractivity contribution < 1.29 is 37.7 Å². The number of aromatic hydroxyl groups is 3. The summed E-state index contributed by atoms with van der Waals surface area (Å²) in [5, 5.41) is 33.9. The molecule has 1 unspecified atom stereocenters. The zero-order valence-electron chi connectivity index (χ0n) is 33.0. The molecule has 0 saturated carbocycles.